The molecule has 5 heteroatoms. The molecule has 1 saturated carbocycles. The zero-order chi connectivity index (χ0) is 19.0. The minimum atomic E-state index is -0.0572. The van der Waals surface area contributed by atoms with E-state index in [9.17, 15) is 9.59 Å². The summed E-state index contributed by atoms with van der Waals surface area (Å²) in [5.41, 5.74) is 5.37. The van der Waals surface area contributed by atoms with Gasteiger partial charge in [-0.15, -0.1) is 0 Å². The number of aromatic nitrogens is 3. The first kappa shape index (κ1) is 17.2. The summed E-state index contributed by atoms with van der Waals surface area (Å²) in [6, 6.07) is 7.82. The van der Waals surface area contributed by atoms with Gasteiger partial charge >= 0.3 is 0 Å². The number of carbonyl (C=O) groups is 1. The third kappa shape index (κ3) is 3.16. The monoisotopic (exact) mass is 359 g/mol. The molecule has 2 N–H and O–H groups in total. The van der Waals surface area contributed by atoms with Gasteiger partial charge in [-0.3, -0.25) is 14.7 Å². The second-order valence-electron chi connectivity index (χ2n) is 7.01. The molecular weight excluding hydrogens is 338 g/mol. The van der Waals surface area contributed by atoms with Gasteiger partial charge in [-0.25, -0.2) is 0 Å². The number of nitrogens with one attached hydrogen (secondary N) is 2. The Bertz CT molecular complexity index is 1130. The summed E-state index contributed by atoms with van der Waals surface area (Å²) in [4.78, 5) is 27.2. The van der Waals surface area contributed by atoms with Gasteiger partial charge in [-0.1, -0.05) is 43.0 Å². The SMILES string of the molecule is C=Cc1ccc(Cc2cc(=O)c3c(C4CC(=O)C4)[nH]nc3[nH]2)cc1/C=C\C. The van der Waals surface area contributed by atoms with Crippen LogP contribution in [0.5, 0.6) is 0 Å². The second-order valence-corrected chi connectivity index (χ2v) is 7.01. The van der Waals surface area contributed by atoms with E-state index in [4.69, 9.17) is 0 Å². The molecule has 5 nitrogen and oxygen atoms in total. The fraction of sp³-hybridized carbons (Fsp3) is 0.227. The molecule has 0 atom stereocenters. The van der Waals surface area contributed by atoms with Crippen LogP contribution >= 0.6 is 0 Å². The Morgan fingerprint density at radius 1 is 1.22 bits per heavy atom. The quantitative estimate of drug-likeness (QED) is 0.723. The van der Waals surface area contributed by atoms with Crippen molar-refractivity contribution in [1.82, 2.24) is 15.2 Å². The van der Waals surface area contributed by atoms with Gasteiger partial charge in [0.1, 0.15) is 5.78 Å². The molecule has 0 radical (unpaired) electrons. The molecule has 0 aliphatic heterocycles. The fourth-order valence-corrected chi connectivity index (χ4v) is 3.66. The molecule has 1 aliphatic rings. The van der Waals surface area contributed by atoms with Crippen LogP contribution in [-0.4, -0.2) is 21.0 Å². The van der Waals surface area contributed by atoms with Gasteiger partial charge in [0.2, 0.25) is 0 Å². The molecule has 1 aliphatic carbocycles. The summed E-state index contributed by atoms with van der Waals surface area (Å²) in [5, 5.41) is 7.80. The normalized spacial score (nSPS) is 14.8. The number of aromatic amines is 2. The Morgan fingerprint density at radius 2 is 2.04 bits per heavy atom. The average molecular weight is 359 g/mol. The van der Waals surface area contributed by atoms with Crippen LogP contribution in [0.1, 0.15) is 53.8 Å². The maximum absolute atomic E-state index is 12.7. The van der Waals surface area contributed by atoms with Gasteiger partial charge in [-0.2, -0.15) is 5.10 Å². The predicted molar refractivity (Wildman–Crippen MR) is 108 cm³/mol. The Hall–Kier alpha value is -3.21. The Labute approximate surface area is 156 Å². The van der Waals surface area contributed by atoms with Crippen LogP contribution in [-0.2, 0) is 11.2 Å². The van der Waals surface area contributed by atoms with Crippen molar-refractivity contribution in [3.8, 4) is 0 Å². The molecule has 4 rings (SSSR count). The summed E-state index contributed by atoms with van der Waals surface area (Å²) < 4.78 is 0. The molecule has 27 heavy (non-hydrogen) atoms. The standard InChI is InChI=1S/C22H21N3O2/c1-3-5-15-8-13(6-7-14(15)4-2)9-17-12-19(27)20-21(16-10-18(26)11-16)24-25-22(20)23-17/h3-8,12,16H,2,9-11H2,1H3,(H2,23,24,25,27)/b5-3-. The van der Waals surface area contributed by atoms with Gasteiger partial charge in [0.05, 0.1) is 11.1 Å². The minimum absolute atomic E-state index is 0.0572. The lowest BCUT2D eigenvalue weighted by atomic mass is 9.81. The van der Waals surface area contributed by atoms with Crippen molar-refractivity contribution in [2.24, 2.45) is 0 Å². The number of hydrogen-bond donors (Lipinski definition) is 2. The number of ketones is 1. The molecule has 0 spiro atoms. The van der Waals surface area contributed by atoms with Crippen molar-refractivity contribution in [2.75, 3.05) is 0 Å². The number of nitrogens with zero attached hydrogens (tertiary/aromatic N) is 1. The van der Waals surface area contributed by atoms with E-state index in [1.165, 1.54) is 0 Å². The highest BCUT2D eigenvalue weighted by Crippen LogP contribution is 2.34. The lowest BCUT2D eigenvalue weighted by Crippen LogP contribution is -2.22. The van der Waals surface area contributed by atoms with Crippen LogP contribution in [0.2, 0.25) is 0 Å². The predicted octanol–water partition coefficient (Wildman–Crippen LogP) is 3.96. The van der Waals surface area contributed by atoms with E-state index in [1.807, 2.05) is 37.3 Å². The molecular formula is C22H21N3O2. The van der Waals surface area contributed by atoms with E-state index in [0.717, 1.165) is 28.1 Å². The van der Waals surface area contributed by atoms with E-state index in [-0.39, 0.29) is 17.1 Å². The van der Waals surface area contributed by atoms with E-state index in [1.54, 1.807) is 6.07 Å². The fourth-order valence-electron chi connectivity index (χ4n) is 3.66. The smallest absolute Gasteiger partial charge is 0.193 e. The van der Waals surface area contributed by atoms with Crippen molar-refractivity contribution in [3.05, 3.63) is 75.2 Å². The zero-order valence-corrected chi connectivity index (χ0v) is 15.2. The van der Waals surface area contributed by atoms with Crippen LogP contribution in [0.4, 0.5) is 0 Å². The van der Waals surface area contributed by atoms with Crippen LogP contribution in [0.3, 0.4) is 0 Å². The number of allylic oxidation sites excluding steroid dienone is 1. The number of hydrogen-bond acceptors (Lipinski definition) is 3. The number of H-pyrrole nitrogens is 2. The number of fused-ring (bicyclic) bond motifs is 1. The maximum Gasteiger partial charge on any atom is 0.193 e. The van der Waals surface area contributed by atoms with Gasteiger partial charge in [0.25, 0.3) is 0 Å². The molecule has 2 heterocycles. The summed E-state index contributed by atoms with van der Waals surface area (Å²) >= 11 is 0. The first-order chi connectivity index (χ1) is 13.1. The van der Waals surface area contributed by atoms with Crippen molar-refractivity contribution < 1.29 is 4.79 Å². The topological polar surface area (TPSA) is 78.6 Å². The lowest BCUT2D eigenvalue weighted by Gasteiger charge is -2.22. The molecule has 1 fully saturated rings. The van der Waals surface area contributed by atoms with E-state index in [2.05, 4.69) is 27.8 Å². The molecule has 0 saturated heterocycles. The first-order valence-electron chi connectivity index (χ1n) is 9.09. The average Bonchev–Trinajstić information content (AvgIpc) is 3.03. The summed E-state index contributed by atoms with van der Waals surface area (Å²) in [5.74, 6) is 0.319. The number of Topliss-reactive ketones (excluding diaryl/α,β-unsaturated/α-hetero) is 1. The van der Waals surface area contributed by atoms with Crippen molar-refractivity contribution in [2.45, 2.75) is 32.1 Å². The minimum Gasteiger partial charge on any atom is -0.341 e. The summed E-state index contributed by atoms with van der Waals surface area (Å²) in [7, 11) is 0. The van der Waals surface area contributed by atoms with Crippen LogP contribution in [0, 0.1) is 0 Å². The summed E-state index contributed by atoms with van der Waals surface area (Å²) in [6.07, 6.45) is 7.47. The number of pyridine rings is 1. The Kier molecular flexibility index (Phi) is 4.36. The Balaban J connectivity index is 1.67. The van der Waals surface area contributed by atoms with E-state index < -0.39 is 0 Å². The second kappa shape index (κ2) is 6.83. The van der Waals surface area contributed by atoms with E-state index >= 15 is 0 Å². The van der Waals surface area contributed by atoms with Gasteiger partial charge in [-0.05, 0) is 23.6 Å². The number of carbonyl (C=O) groups excluding carboxylic acids is 1. The third-order valence-electron chi connectivity index (χ3n) is 5.09. The van der Waals surface area contributed by atoms with Crippen molar-refractivity contribution in [3.63, 3.8) is 0 Å². The molecule has 136 valence electrons. The van der Waals surface area contributed by atoms with Crippen LogP contribution in [0.15, 0.2) is 41.7 Å². The highest BCUT2D eigenvalue weighted by molar-refractivity contribution is 5.89. The number of rotatable bonds is 5. The molecule has 0 bridgehead atoms. The largest absolute Gasteiger partial charge is 0.341 e. The Morgan fingerprint density at radius 3 is 2.74 bits per heavy atom. The lowest BCUT2D eigenvalue weighted by molar-refractivity contribution is -0.124. The van der Waals surface area contributed by atoms with E-state index in [0.29, 0.717) is 30.3 Å². The van der Waals surface area contributed by atoms with Crippen LogP contribution in [0.25, 0.3) is 23.2 Å². The van der Waals surface area contributed by atoms with Gasteiger partial charge in [0.15, 0.2) is 11.1 Å². The van der Waals surface area contributed by atoms with Gasteiger partial charge in [0, 0.05) is 36.9 Å². The van der Waals surface area contributed by atoms with Crippen molar-refractivity contribution in [1.29, 1.82) is 0 Å². The first-order valence-corrected chi connectivity index (χ1v) is 9.09. The molecule has 1 aromatic carbocycles. The highest BCUT2D eigenvalue weighted by Gasteiger charge is 2.31. The molecule has 3 aromatic rings. The third-order valence-corrected chi connectivity index (χ3v) is 5.09. The van der Waals surface area contributed by atoms with Gasteiger partial charge < -0.3 is 4.98 Å². The van der Waals surface area contributed by atoms with Crippen LogP contribution < -0.4 is 5.43 Å². The zero-order valence-electron chi connectivity index (χ0n) is 15.2. The molecule has 0 amide bonds. The molecule has 0 unspecified atom stereocenters. The summed E-state index contributed by atoms with van der Waals surface area (Å²) in [6.45, 7) is 5.83. The van der Waals surface area contributed by atoms with Crippen molar-refractivity contribution >= 4 is 29.0 Å². The highest BCUT2D eigenvalue weighted by atomic mass is 16.1. The molecule has 2 aromatic heterocycles. The number of benzene rings is 1. The maximum atomic E-state index is 12.7.